The molecule has 1 unspecified atom stereocenters. The summed E-state index contributed by atoms with van der Waals surface area (Å²) in [4.78, 5) is 72.5. The van der Waals surface area contributed by atoms with Crippen LogP contribution in [0.25, 0.3) is 10.9 Å². The van der Waals surface area contributed by atoms with Crippen LogP contribution in [-0.2, 0) is 14.4 Å². The lowest BCUT2D eigenvalue weighted by molar-refractivity contribution is -0.164. The van der Waals surface area contributed by atoms with Crippen molar-refractivity contribution >= 4 is 46.1 Å². The lowest BCUT2D eigenvalue weighted by atomic mass is 9.49. The number of ether oxygens (including phenoxy) is 2. The van der Waals surface area contributed by atoms with Crippen LogP contribution in [0.3, 0.4) is 0 Å². The predicted molar refractivity (Wildman–Crippen MR) is 240 cm³/mol. The summed E-state index contributed by atoms with van der Waals surface area (Å²) in [6.45, 7) is 12.3. The van der Waals surface area contributed by atoms with Crippen LogP contribution in [0.2, 0.25) is 5.02 Å². The minimum absolute atomic E-state index is 0.0996. The number of nitrogens with one attached hydrogen (secondary N) is 2. The number of fused-ring (bicyclic) bond motifs is 1. The van der Waals surface area contributed by atoms with Gasteiger partial charge in [0.2, 0.25) is 5.91 Å². The van der Waals surface area contributed by atoms with Crippen LogP contribution >= 0.6 is 11.6 Å². The van der Waals surface area contributed by atoms with Gasteiger partial charge in [0, 0.05) is 61.1 Å². The van der Waals surface area contributed by atoms with Gasteiger partial charge in [0.05, 0.1) is 21.5 Å². The molecule has 8 rings (SSSR count). The standard InChI is InChI=1S/C48H52ClN9O7/c1-47(2)45(48(3,4)46(47)65-35-10-7-31(25-50)37(49)24-35)53-42(61)32-6-9-33(51-26-32)8-5-29-15-19-56(20-16-29)27-30-17-21-57(22-18-30)41(60)28-64-34-11-12-38-36(23-34)44(63)58(55-54-38)39-13-14-40(59)52-43(39)62/h6-7,9-12,23-24,26,29-30,39,45-46H,13-22,27-28H2,1-4H3,(H,53,61)(H,52,59,62). The molecule has 4 aromatic rings. The summed E-state index contributed by atoms with van der Waals surface area (Å²) in [5.41, 5.74) is 0.501. The van der Waals surface area contributed by atoms with E-state index in [1.165, 1.54) is 6.07 Å². The highest BCUT2D eigenvalue weighted by molar-refractivity contribution is 6.31. The molecule has 1 atom stereocenters. The van der Waals surface area contributed by atoms with Crippen molar-refractivity contribution in [1.29, 1.82) is 5.26 Å². The molecule has 3 saturated heterocycles. The summed E-state index contributed by atoms with van der Waals surface area (Å²) >= 11 is 6.24. The smallest absolute Gasteiger partial charge is 0.278 e. The number of pyridine rings is 1. The van der Waals surface area contributed by atoms with Crippen molar-refractivity contribution in [2.24, 2.45) is 22.7 Å². The highest BCUT2D eigenvalue weighted by atomic mass is 35.5. The highest BCUT2D eigenvalue weighted by Gasteiger charge is 2.64. The van der Waals surface area contributed by atoms with E-state index in [9.17, 15) is 29.2 Å². The molecule has 4 fully saturated rings. The fraction of sp³-hybridized carbons (Fsp3) is 0.479. The summed E-state index contributed by atoms with van der Waals surface area (Å²) in [6, 6.07) is 14.3. The van der Waals surface area contributed by atoms with Crippen molar-refractivity contribution in [1.82, 2.24) is 40.4 Å². The maximum Gasteiger partial charge on any atom is 0.278 e. The first-order valence-electron chi connectivity index (χ1n) is 22.1. The number of likely N-dealkylation sites (tertiary alicyclic amines) is 2. The van der Waals surface area contributed by atoms with Crippen LogP contribution in [0.15, 0.2) is 59.5 Å². The van der Waals surface area contributed by atoms with Crippen LogP contribution in [0.5, 0.6) is 11.5 Å². The maximum atomic E-state index is 13.4. The van der Waals surface area contributed by atoms with Crippen molar-refractivity contribution in [3.05, 3.63) is 86.9 Å². The molecular weight excluding hydrogens is 850 g/mol. The average Bonchev–Trinajstić information content (AvgIpc) is 3.29. The predicted octanol–water partition coefficient (Wildman–Crippen LogP) is 4.68. The summed E-state index contributed by atoms with van der Waals surface area (Å²) in [6.07, 6.45) is 5.35. The number of carbonyl (C=O) groups excluding carboxylic acids is 4. The largest absolute Gasteiger partial charge is 0.489 e. The van der Waals surface area contributed by atoms with E-state index in [-0.39, 0.29) is 65.5 Å². The first-order valence-corrected chi connectivity index (χ1v) is 22.5. The van der Waals surface area contributed by atoms with Gasteiger partial charge in [-0.15, -0.1) is 5.10 Å². The summed E-state index contributed by atoms with van der Waals surface area (Å²) in [7, 11) is 0. The molecule has 16 nitrogen and oxygen atoms in total. The Morgan fingerprint density at radius 3 is 2.35 bits per heavy atom. The van der Waals surface area contributed by atoms with E-state index in [0.29, 0.717) is 57.9 Å². The van der Waals surface area contributed by atoms with Crippen LogP contribution in [0.4, 0.5) is 0 Å². The van der Waals surface area contributed by atoms with Crippen molar-refractivity contribution < 1.29 is 28.7 Å². The Hall–Kier alpha value is -6.36. The molecule has 338 valence electrons. The molecule has 5 heterocycles. The first-order chi connectivity index (χ1) is 31.1. The van der Waals surface area contributed by atoms with E-state index in [1.807, 2.05) is 4.90 Å². The maximum absolute atomic E-state index is 13.4. The van der Waals surface area contributed by atoms with Crippen LogP contribution in [0, 0.1) is 45.8 Å². The Kier molecular flexibility index (Phi) is 13.0. The fourth-order valence-electron chi connectivity index (χ4n) is 10.1. The number of carbonyl (C=O) groups is 4. The van der Waals surface area contributed by atoms with E-state index in [1.54, 1.807) is 48.7 Å². The van der Waals surface area contributed by atoms with Gasteiger partial charge in [-0.25, -0.2) is 4.98 Å². The second kappa shape index (κ2) is 18.6. The molecule has 1 saturated carbocycles. The third-order valence-corrected chi connectivity index (χ3v) is 13.8. The highest BCUT2D eigenvalue weighted by Crippen LogP contribution is 2.55. The molecule has 0 bridgehead atoms. The van der Waals surface area contributed by atoms with Gasteiger partial charge in [0.25, 0.3) is 23.3 Å². The summed E-state index contributed by atoms with van der Waals surface area (Å²) in [5, 5.41) is 23.2. The van der Waals surface area contributed by atoms with Gasteiger partial charge in [0.15, 0.2) is 6.61 Å². The minimum atomic E-state index is -0.933. The molecule has 2 aromatic heterocycles. The van der Waals surface area contributed by atoms with Crippen LogP contribution in [-0.4, -0.2) is 105 Å². The molecule has 2 aromatic carbocycles. The van der Waals surface area contributed by atoms with Gasteiger partial charge in [0.1, 0.15) is 40.9 Å². The van der Waals surface area contributed by atoms with E-state index in [2.05, 4.69) is 76.4 Å². The Balaban J connectivity index is 0.749. The zero-order chi connectivity index (χ0) is 46.0. The van der Waals surface area contributed by atoms with Gasteiger partial charge in [-0.1, -0.05) is 50.4 Å². The molecule has 17 heteroatoms. The number of hydrogen-bond acceptors (Lipinski definition) is 12. The Morgan fingerprint density at radius 2 is 1.68 bits per heavy atom. The lowest BCUT2D eigenvalue weighted by Gasteiger charge is -2.63. The quantitative estimate of drug-likeness (QED) is 0.165. The van der Waals surface area contributed by atoms with E-state index in [0.717, 1.165) is 50.0 Å². The zero-order valence-electron chi connectivity index (χ0n) is 36.9. The Morgan fingerprint density at radius 1 is 0.938 bits per heavy atom. The van der Waals surface area contributed by atoms with Crippen LogP contribution < -0.4 is 25.7 Å². The number of hydrogen-bond donors (Lipinski definition) is 2. The topological polar surface area (TPSA) is 202 Å². The van der Waals surface area contributed by atoms with E-state index >= 15 is 0 Å². The first kappa shape index (κ1) is 45.2. The number of aromatic nitrogens is 4. The molecule has 4 amide bonds. The number of amides is 4. The number of halogens is 1. The second-order valence-corrected chi connectivity index (χ2v) is 19.1. The van der Waals surface area contributed by atoms with Gasteiger partial charge < -0.3 is 24.6 Å². The molecule has 0 spiro atoms. The molecule has 1 aliphatic carbocycles. The third-order valence-electron chi connectivity index (χ3n) is 13.5. The van der Waals surface area contributed by atoms with Gasteiger partial charge in [-0.05, 0) is 99.5 Å². The number of piperidine rings is 3. The minimum Gasteiger partial charge on any atom is -0.489 e. The van der Waals surface area contributed by atoms with Gasteiger partial charge in [-0.3, -0.25) is 29.3 Å². The number of benzene rings is 2. The molecule has 3 aliphatic heterocycles. The molecule has 65 heavy (non-hydrogen) atoms. The third kappa shape index (κ3) is 9.70. The lowest BCUT2D eigenvalue weighted by Crippen LogP contribution is -2.74. The molecular formula is C48H52ClN9O7. The van der Waals surface area contributed by atoms with Gasteiger partial charge >= 0.3 is 0 Å². The fourth-order valence-corrected chi connectivity index (χ4v) is 10.3. The number of imide groups is 1. The van der Waals surface area contributed by atoms with E-state index in [4.69, 9.17) is 21.1 Å². The Labute approximate surface area is 382 Å². The zero-order valence-corrected chi connectivity index (χ0v) is 37.7. The Bertz CT molecular complexity index is 2650. The SMILES string of the molecule is CC1(C)C(NC(=O)c2ccc(C#CC3CCN(CC4CCN(C(=O)COc5ccc6nnn(C7CCC(=O)NC7=O)c(=O)c6c5)CC4)CC3)nc2)C(C)(C)C1Oc1ccc(C#N)c(Cl)c1. The summed E-state index contributed by atoms with van der Waals surface area (Å²) < 4.78 is 13.2. The monoisotopic (exact) mass is 901 g/mol. The molecule has 4 aliphatic rings. The van der Waals surface area contributed by atoms with Crippen molar-refractivity contribution in [2.75, 3.05) is 39.3 Å². The van der Waals surface area contributed by atoms with Gasteiger partial charge in [-0.2, -0.15) is 9.94 Å². The van der Waals surface area contributed by atoms with Crippen molar-refractivity contribution in [3.8, 4) is 29.4 Å². The van der Waals surface area contributed by atoms with Crippen molar-refractivity contribution in [3.63, 3.8) is 0 Å². The average molecular weight is 902 g/mol. The number of rotatable bonds is 10. The normalized spacial score (nSPS) is 22.2. The molecule has 2 N–H and O–H groups in total. The number of nitriles is 1. The van der Waals surface area contributed by atoms with Crippen molar-refractivity contribution in [2.45, 2.75) is 84.4 Å². The number of nitrogens with zero attached hydrogens (tertiary/aromatic N) is 7. The van der Waals surface area contributed by atoms with E-state index < -0.39 is 23.4 Å². The van der Waals surface area contributed by atoms with Crippen LogP contribution in [0.1, 0.15) is 93.9 Å². The summed E-state index contributed by atoms with van der Waals surface area (Å²) in [5.74, 6) is 6.97. The molecule has 0 radical (unpaired) electrons. The second-order valence-electron chi connectivity index (χ2n) is 18.7.